The Morgan fingerprint density at radius 2 is 1.38 bits per heavy atom. The molecule has 7 nitrogen and oxygen atoms in total. The Balaban J connectivity index is 1.66. The SMILES string of the molecule is CCOc1ccc(/C=N/NC(=O)c2ccc(OCc3ccccc3)c(OCC)c2)cc1OCC. The Bertz CT molecular complexity index is 1100. The number of ether oxygens (including phenoxy) is 4. The normalized spacial score (nSPS) is 10.7. The fourth-order valence-electron chi connectivity index (χ4n) is 3.15. The summed E-state index contributed by atoms with van der Waals surface area (Å²) in [4.78, 5) is 12.6. The summed E-state index contributed by atoms with van der Waals surface area (Å²) in [5.41, 5.74) is 4.77. The second-order valence-corrected chi connectivity index (χ2v) is 7.14. The Kier molecular flexibility index (Phi) is 9.34. The van der Waals surface area contributed by atoms with Crippen molar-refractivity contribution in [1.82, 2.24) is 5.43 Å². The second-order valence-electron chi connectivity index (χ2n) is 7.14. The Morgan fingerprint density at radius 1 is 0.765 bits per heavy atom. The molecule has 0 bridgehead atoms. The largest absolute Gasteiger partial charge is 0.490 e. The molecule has 0 spiro atoms. The van der Waals surface area contributed by atoms with Crippen molar-refractivity contribution in [3.63, 3.8) is 0 Å². The number of amides is 1. The molecule has 3 aromatic carbocycles. The Morgan fingerprint density at radius 3 is 2.09 bits per heavy atom. The third-order valence-electron chi connectivity index (χ3n) is 4.69. The minimum atomic E-state index is -0.359. The summed E-state index contributed by atoms with van der Waals surface area (Å²) < 4.78 is 22.8. The zero-order chi connectivity index (χ0) is 24.2. The van der Waals surface area contributed by atoms with Gasteiger partial charge in [-0.05, 0) is 68.3 Å². The van der Waals surface area contributed by atoms with E-state index in [9.17, 15) is 4.79 Å². The Hall–Kier alpha value is -4.00. The minimum Gasteiger partial charge on any atom is -0.490 e. The molecule has 0 saturated heterocycles. The molecule has 34 heavy (non-hydrogen) atoms. The summed E-state index contributed by atoms with van der Waals surface area (Å²) in [6.07, 6.45) is 1.55. The van der Waals surface area contributed by atoms with E-state index in [0.717, 1.165) is 11.1 Å². The molecular weight excluding hydrogens is 432 g/mol. The molecule has 0 fully saturated rings. The van der Waals surface area contributed by atoms with Crippen molar-refractivity contribution < 1.29 is 23.7 Å². The first-order valence-electron chi connectivity index (χ1n) is 11.3. The summed E-state index contributed by atoms with van der Waals surface area (Å²) in [6.45, 7) is 7.62. The van der Waals surface area contributed by atoms with E-state index in [1.807, 2.05) is 69.3 Å². The zero-order valence-corrected chi connectivity index (χ0v) is 19.7. The van der Waals surface area contributed by atoms with Crippen LogP contribution in [0.4, 0.5) is 0 Å². The van der Waals surface area contributed by atoms with Crippen LogP contribution >= 0.6 is 0 Å². The smallest absolute Gasteiger partial charge is 0.271 e. The number of hydrogen-bond donors (Lipinski definition) is 1. The highest BCUT2D eigenvalue weighted by atomic mass is 16.5. The molecule has 0 saturated carbocycles. The lowest BCUT2D eigenvalue weighted by Crippen LogP contribution is -2.17. The van der Waals surface area contributed by atoms with Crippen LogP contribution in [0, 0.1) is 0 Å². The van der Waals surface area contributed by atoms with Crippen molar-refractivity contribution in [2.75, 3.05) is 19.8 Å². The summed E-state index contributed by atoms with van der Waals surface area (Å²) in [6, 6.07) is 20.4. The van der Waals surface area contributed by atoms with Crippen LogP contribution in [0.1, 0.15) is 42.3 Å². The van der Waals surface area contributed by atoms with Crippen molar-refractivity contribution in [3.05, 3.63) is 83.4 Å². The molecule has 1 amide bonds. The van der Waals surface area contributed by atoms with Crippen LogP contribution in [0.5, 0.6) is 23.0 Å². The average Bonchev–Trinajstić information content (AvgIpc) is 2.86. The van der Waals surface area contributed by atoms with Gasteiger partial charge in [-0.2, -0.15) is 5.10 Å². The van der Waals surface area contributed by atoms with Gasteiger partial charge in [0, 0.05) is 5.56 Å². The van der Waals surface area contributed by atoms with E-state index >= 15 is 0 Å². The van der Waals surface area contributed by atoms with Crippen molar-refractivity contribution >= 4 is 12.1 Å². The first kappa shape index (κ1) is 24.6. The predicted octanol–water partition coefficient (Wildman–Crippen LogP) is 5.23. The maximum absolute atomic E-state index is 12.6. The first-order chi connectivity index (χ1) is 16.6. The van der Waals surface area contributed by atoms with Gasteiger partial charge in [0.1, 0.15) is 6.61 Å². The van der Waals surface area contributed by atoms with E-state index in [1.165, 1.54) is 0 Å². The van der Waals surface area contributed by atoms with Crippen LogP contribution in [0.15, 0.2) is 71.8 Å². The van der Waals surface area contributed by atoms with Gasteiger partial charge in [0.05, 0.1) is 26.0 Å². The number of hydrazone groups is 1. The third-order valence-corrected chi connectivity index (χ3v) is 4.69. The van der Waals surface area contributed by atoms with E-state index in [4.69, 9.17) is 18.9 Å². The Labute approximate surface area is 200 Å². The maximum Gasteiger partial charge on any atom is 0.271 e. The molecule has 0 unspecified atom stereocenters. The number of benzene rings is 3. The lowest BCUT2D eigenvalue weighted by atomic mass is 10.2. The zero-order valence-electron chi connectivity index (χ0n) is 19.7. The van der Waals surface area contributed by atoms with E-state index in [-0.39, 0.29) is 5.91 Å². The summed E-state index contributed by atoms with van der Waals surface area (Å²) in [7, 11) is 0. The summed E-state index contributed by atoms with van der Waals surface area (Å²) >= 11 is 0. The second kappa shape index (κ2) is 12.9. The topological polar surface area (TPSA) is 78.4 Å². The molecule has 0 atom stereocenters. The van der Waals surface area contributed by atoms with Crippen LogP contribution in [0.2, 0.25) is 0 Å². The van der Waals surface area contributed by atoms with Crippen molar-refractivity contribution in [1.29, 1.82) is 0 Å². The highest BCUT2D eigenvalue weighted by Crippen LogP contribution is 2.30. The number of carbonyl (C=O) groups is 1. The molecule has 0 radical (unpaired) electrons. The van der Waals surface area contributed by atoms with Crippen molar-refractivity contribution in [2.45, 2.75) is 27.4 Å². The molecule has 3 rings (SSSR count). The lowest BCUT2D eigenvalue weighted by molar-refractivity contribution is 0.0954. The molecular formula is C27H30N2O5. The maximum atomic E-state index is 12.6. The standard InChI is InChI=1S/C27H30N2O5/c1-4-31-23-14-12-21(16-25(23)32-5-2)18-28-29-27(30)22-13-15-24(26(17-22)33-6-3)34-19-20-10-8-7-9-11-20/h7-18H,4-6,19H2,1-3H3,(H,29,30)/b28-18+. The fraction of sp³-hybridized carbons (Fsp3) is 0.259. The number of rotatable bonds is 12. The van der Waals surface area contributed by atoms with E-state index in [2.05, 4.69) is 10.5 Å². The molecule has 1 N–H and O–H groups in total. The first-order valence-corrected chi connectivity index (χ1v) is 11.3. The van der Waals surface area contributed by atoms with Crippen LogP contribution in [0.25, 0.3) is 0 Å². The van der Waals surface area contributed by atoms with Crippen LogP contribution < -0.4 is 24.4 Å². The molecule has 0 aromatic heterocycles. The van der Waals surface area contributed by atoms with Crippen LogP contribution in [-0.2, 0) is 6.61 Å². The van der Waals surface area contributed by atoms with Gasteiger partial charge in [-0.1, -0.05) is 30.3 Å². The van der Waals surface area contributed by atoms with Crippen molar-refractivity contribution in [2.24, 2.45) is 5.10 Å². The molecule has 3 aromatic rings. The summed E-state index contributed by atoms with van der Waals surface area (Å²) in [5.74, 6) is 2.02. The quantitative estimate of drug-likeness (QED) is 0.295. The van der Waals surface area contributed by atoms with E-state index in [0.29, 0.717) is 55.0 Å². The van der Waals surface area contributed by atoms with Gasteiger partial charge in [-0.3, -0.25) is 4.79 Å². The average molecular weight is 463 g/mol. The van der Waals surface area contributed by atoms with Gasteiger partial charge in [0.25, 0.3) is 5.91 Å². The number of hydrogen-bond acceptors (Lipinski definition) is 6. The highest BCUT2D eigenvalue weighted by molar-refractivity contribution is 5.95. The molecule has 0 aliphatic rings. The summed E-state index contributed by atoms with van der Waals surface area (Å²) in [5, 5.41) is 4.08. The third kappa shape index (κ3) is 7.00. The molecule has 178 valence electrons. The van der Waals surface area contributed by atoms with Crippen LogP contribution in [-0.4, -0.2) is 31.9 Å². The van der Waals surface area contributed by atoms with Gasteiger partial charge in [-0.15, -0.1) is 0 Å². The molecule has 0 heterocycles. The van der Waals surface area contributed by atoms with E-state index in [1.54, 1.807) is 24.4 Å². The minimum absolute atomic E-state index is 0.359. The molecule has 0 aliphatic carbocycles. The number of nitrogens with zero attached hydrogens (tertiary/aromatic N) is 1. The monoisotopic (exact) mass is 462 g/mol. The van der Waals surface area contributed by atoms with Gasteiger partial charge in [0.15, 0.2) is 23.0 Å². The lowest BCUT2D eigenvalue weighted by Gasteiger charge is -2.13. The predicted molar refractivity (Wildman–Crippen MR) is 132 cm³/mol. The van der Waals surface area contributed by atoms with Gasteiger partial charge >= 0.3 is 0 Å². The fourth-order valence-corrected chi connectivity index (χ4v) is 3.15. The molecule has 0 aliphatic heterocycles. The van der Waals surface area contributed by atoms with Gasteiger partial charge < -0.3 is 18.9 Å². The highest BCUT2D eigenvalue weighted by Gasteiger charge is 2.12. The van der Waals surface area contributed by atoms with Crippen LogP contribution in [0.3, 0.4) is 0 Å². The number of carbonyl (C=O) groups excluding carboxylic acids is 1. The van der Waals surface area contributed by atoms with Crippen molar-refractivity contribution in [3.8, 4) is 23.0 Å². The molecule has 7 heteroatoms. The number of nitrogens with one attached hydrogen (secondary N) is 1. The van der Waals surface area contributed by atoms with Gasteiger partial charge in [0.2, 0.25) is 0 Å². The van der Waals surface area contributed by atoms with E-state index < -0.39 is 0 Å². The van der Waals surface area contributed by atoms with Gasteiger partial charge in [-0.25, -0.2) is 5.43 Å².